The predicted molar refractivity (Wildman–Crippen MR) is 96.3 cm³/mol. The normalized spacial score (nSPS) is 11.4. The molecule has 7 heteroatoms. The van der Waals surface area contributed by atoms with Crippen molar-refractivity contribution >= 4 is 29.1 Å². The molecule has 1 atom stereocenters. The van der Waals surface area contributed by atoms with E-state index in [9.17, 15) is 4.79 Å². The highest BCUT2D eigenvalue weighted by molar-refractivity contribution is 7.80. The first-order chi connectivity index (χ1) is 11.5. The van der Waals surface area contributed by atoms with Gasteiger partial charge in [-0.2, -0.15) is 0 Å². The summed E-state index contributed by atoms with van der Waals surface area (Å²) in [6, 6.07) is 10.5. The fourth-order valence-electron chi connectivity index (χ4n) is 2.20. The topological polar surface area (TPSA) is 83.5 Å². The second-order valence-electron chi connectivity index (χ2n) is 5.24. The number of benzene rings is 1. The van der Waals surface area contributed by atoms with Crippen LogP contribution in [0.2, 0.25) is 0 Å². The van der Waals surface area contributed by atoms with E-state index >= 15 is 0 Å². The van der Waals surface area contributed by atoms with Crippen LogP contribution in [0.4, 0.5) is 5.82 Å². The highest BCUT2D eigenvalue weighted by Gasteiger charge is 2.17. The number of aryl methyl sites for hydroxylation is 1. The van der Waals surface area contributed by atoms with Crippen molar-refractivity contribution in [2.75, 3.05) is 12.4 Å². The van der Waals surface area contributed by atoms with Gasteiger partial charge in [-0.25, -0.2) is 4.98 Å². The molecule has 2 aromatic rings. The van der Waals surface area contributed by atoms with Gasteiger partial charge < -0.3 is 20.5 Å². The SMILES string of the molecule is COc1cccc([C@H](CC(=O)O)NC(=S)Nc2cc(C)ccn2)c1. The average molecular weight is 345 g/mol. The molecule has 0 amide bonds. The zero-order chi connectivity index (χ0) is 17.5. The molecule has 2 rings (SSSR count). The minimum Gasteiger partial charge on any atom is -0.497 e. The molecule has 0 spiro atoms. The van der Waals surface area contributed by atoms with Crippen molar-refractivity contribution < 1.29 is 14.6 Å². The third-order valence-corrected chi connectivity index (χ3v) is 3.56. The molecular weight excluding hydrogens is 326 g/mol. The Morgan fingerprint density at radius 1 is 1.38 bits per heavy atom. The largest absolute Gasteiger partial charge is 0.497 e. The standard InChI is InChI=1S/C17H19N3O3S/c1-11-6-7-18-15(8-11)20-17(24)19-14(10-16(21)22)12-4-3-5-13(9-12)23-2/h3-9,14H,10H2,1-2H3,(H,21,22)(H2,18,19,20,24)/t14-/m0/s1. The molecule has 126 valence electrons. The third-order valence-electron chi connectivity index (χ3n) is 3.34. The van der Waals surface area contributed by atoms with E-state index in [4.69, 9.17) is 22.1 Å². The number of nitrogens with zero attached hydrogens (tertiary/aromatic N) is 1. The fourth-order valence-corrected chi connectivity index (χ4v) is 2.45. The summed E-state index contributed by atoms with van der Waals surface area (Å²) in [5.74, 6) is 0.336. The minimum absolute atomic E-state index is 0.115. The van der Waals surface area contributed by atoms with Crippen LogP contribution in [0.5, 0.6) is 5.75 Å². The maximum Gasteiger partial charge on any atom is 0.305 e. The molecule has 0 unspecified atom stereocenters. The van der Waals surface area contributed by atoms with E-state index in [1.54, 1.807) is 25.4 Å². The maximum absolute atomic E-state index is 11.2. The van der Waals surface area contributed by atoms with Gasteiger partial charge in [-0.3, -0.25) is 4.79 Å². The van der Waals surface area contributed by atoms with Gasteiger partial charge in [-0.1, -0.05) is 12.1 Å². The summed E-state index contributed by atoms with van der Waals surface area (Å²) >= 11 is 5.28. The Kier molecular flexibility index (Phi) is 6.08. The molecule has 0 aliphatic heterocycles. The molecule has 0 bridgehead atoms. The number of carboxylic acids is 1. The number of carbonyl (C=O) groups is 1. The van der Waals surface area contributed by atoms with Crippen LogP contribution in [0.25, 0.3) is 0 Å². The second-order valence-corrected chi connectivity index (χ2v) is 5.65. The van der Waals surface area contributed by atoms with Gasteiger partial charge in [0.1, 0.15) is 11.6 Å². The molecular formula is C17H19N3O3S. The van der Waals surface area contributed by atoms with Gasteiger partial charge in [0.15, 0.2) is 5.11 Å². The maximum atomic E-state index is 11.2. The number of hydrogen-bond acceptors (Lipinski definition) is 4. The van der Waals surface area contributed by atoms with Crippen LogP contribution in [-0.2, 0) is 4.79 Å². The number of carboxylic acid groups (broad SMARTS) is 1. The Bertz CT molecular complexity index is 737. The third kappa shape index (κ3) is 5.20. The Hall–Kier alpha value is -2.67. The first kappa shape index (κ1) is 17.7. The van der Waals surface area contributed by atoms with Gasteiger partial charge in [0, 0.05) is 6.20 Å². The van der Waals surface area contributed by atoms with Gasteiger partial charge >= 0.3 is 5.97 Å². The minimum atomic E-state index is -0.924. The van der Waals surface area contributed by atoms with E-state index in [-0.39, 0.29) is 6.42 Å². The monoisotopic (exact) mass is 345 g/mol. The Morgan fingerprint density at radius 2 is 2.17 bits per heavy atom. The van der Waals surface area contributed by atoms with Crippen LogP contribution in [0.1, 0.15) is 23.6 Å². The number of pyridine rings is 1. The molecule has 0 saturated carbocycles. The zero-order valence-electron chi connectivity index (χ0n) is 13.4. The zero-order valence-corrected chi connectivity index (χ0v) is 14.3. The average Bonchev–Trinajstić information content (AvgIpc) is 2.54. The van der Waals surface area contributed by atoms with Gasteiger partial charge in [0.2, 0.25) is 0 Å². The lowest BCUT2D eigenvalue weighted by molar-refractivity contribution is -0.137. The van der Waals surface area contributed by atoms with E-state index in [2.05, 4.69) is 15.6 Å². The van der Waals surface area contributed by atoms with Gasteiger partial charge in [-0.15, -0.1) is 0 Å². The first-order valence-corrected chi connectivity index (χ1v) is 7.74. The molecule has 0 saturated heterocycles. The van der Waals surface area contributed by atoms with Crippen LogP contribution < -0.4 is 15.4 Å². The molecule has 0 aliphatic carbocycles. The highest BCUT2D eigenvalue weighted by atomic mass is 32.1. The molecule has 6 nitrogen and oxygen atoms in total. The molecule has 0 aliphatic rings. The number of nitrogens with one attached hydrogen (secondary N) is 2. The highest BCUT2D eigenvalue weighted by Crippen LogP contribution is 2.22. The smallest absolute Gasteiger partial charge is 0.305 e. The van der Waals surface area contributed by atoms with Crippen molar-refractivity contribution in [3.05, 3.63) is 53.7 Å². The van der Waals surface area contributed by atoms with Crippen LogP contribution in [0.15, 0.2) is 42.6 Å². The van der Waals surface area contributed by atoms with E-state index in [0.29, 0.717) is 16.7 Å². The Balaban J connectivity index is 2.13. The van der Waals surface area contributed by atoms with Crippen LogP contribution >= 0.6 is 12.2 Å². The number of aliphatic carboxylic acids is 1. The molecule has 3 N–H and O–H groups in total. The lowest BCUT2D eigenvalue weighted by atomic mass is 10.0. The number of thiocarbonyl (C=S) groups is 1. The fraction of sp³-hybridized carbons (Fsp3) is 0.235. The number of anilines is 1. The number of aromatic nitrogens is 1. The van der Waals surface area contributed by atoms with Crippen LogP contribution in [0.3, 0.4) is 0 Å². The summed E-state index contributed by atoms with van der Waals surface area (Å²) in [5, 5.41) is 15.5. The molecule has 1 aromatic carbocycles. The lowest BCUT2D eigenvalue weighted by Gasteiger charge is -2.20. The molecule has 1 heterocycles. The summed E-state index contributed by atoms with van der Waals surface area (Å²) in [6.45, 7) is 1.95. The number of hydrogen-bond donors (Lipinski definition) is 3. The summed E-state index contributed by atoms with van der Waals surface area (Å²) in [6.07, 6.45) is 1.56. The lowest BCUT2D eigenvalue weighted by Crippen LogP contribution is -2.33. The van der Waals surface area contributed by atoms with Crippen molar-refractivity contribution in [3.63, 3.8) is 0 Å². The number of ether oxygens (including phenoxy) is 1. The number of methoxy groups -OCH3 is 1. The van der Waals surface area contributed by atoms with Gasteiger partial charge in [-0.05, 0) is 54.5 Å². The summed E-state index contributed by atoms with van der Waals surface area (Å²) in [4.78, 5) is 15.3. The van der Waals surface area contributed by atoms with Crippen molar-refractivity contribution in [3.8, 4) is 5.75 Å². The van der Waals surface area contributed by atoms with Crippen molar-refractivity contribution in [1.29, 1.82) is 0 Å². The molecule has 1 aromatic heterocycles. The van der Waals surface area contributed by atoms with Gasteiger partial charge in [0.05, 0.1) is 19.6 Å². The molecule has 0 radical (unpaired) electrons. The van der Waals surface area contributed by atoms with Crippen molar-refractivity contribution in [2.45, 2.75) is 19.4 Å². The number of rotatable bonds is 6. The molecule has 0 fully saturated rings. The van der Waals surface area contributed by atoms with Crippen molar-refractivity contribution in [1.82, 2.24) is 10.3 Å². The second kappa shape index (κ2) is 8.26. The molecule has 24 heavy (non-hydrogen) atoms. The summed E-state index contributed by atoms with van der Waals surface area (Å²) in [7, 11) is 1.56. The van der Waals surface area contributed by atoms with E-state index < -0.39 is 12.0 Å². The first-order valence-electron chi connectivity index (χ1n) is 7.34. The summed E-state index contributed by atoms with van der Waals surface area (Å²) < 4.78 is 5.19. The van der Waals surface area contributed by atoms with E-state index in [1.807, 2.05) is 31.2 Å². The predicted octanol–water partition coefficient (Wildman–Crippen LogP) is 2.90. The van der Waals surface area contributed by atoms with Crippen LogP contribution in [-0.4, -0.2) is 28.3 Å². The van der Waals surface area contributed by atoms with Gasteiger partial charge in [0.25, 0.3) is 0 Å². The van der Waals surface area contributed by atoms with E-state index in [0.717, 1.165) is 11.1 Å². The summed E-state index contributed by atoms with van der Waals surface area (Å²) in [5.41, 5.74) is 1.82. The van der Waals surface area contributed by atoms with E-state index in [1.165, 1.54) is 0 Å². The van der Waals surface area contributed by atoms with Crippen LogP contribution in [0, 0.1) is 6.92 Å². The Morgan fingerprint density at radius 3 is 2.83 bits per heavy atom. The Labute approximate surface area is 145 Å². The van der Waals surface area contributed by atoms with Crippen molar-refractivity contribution in [2.24, 2.45) is 0 Å². The quantitative estimate of drug-likeness (QED) is 0.694.